The highest BCUT2D eigenvalue weighted by Crippen LogP contribution is 2.24. The third-order valence-electron chi connectivity index (χ3n) is 3.98. The molecule has 1 aromatic carbocycles. The molecule has 0 saturated carbocycles. The van der Waals surface area contributed by atoms with Gasteiger partial charge >= 0.3 is 0 Å². The number of benzene rings is 1. The Balaban J connectivity index is 2.77. The average Bonchev–Trinajstić information content (AvgIpc) is 2.36. The number of nitrogens with zero attached hydrogens (tertiary/aromatic N) is 2. The van der Waals surface area contributed by atoms with Crippen LogP contribution in [0.4, 0.5) is 0 Å². The van der Waals surface area contributed by atoms with Crippen LogP contribution < -0.4 is 4.74 Å². The van der Waals surface area contributed by atoms with Crippen LogP contribution in [0.1, 0.15) is 44.4 Å². The largest absolute Gasteiger partial charge is 0.496 e. The summed E-state index contributed by atoms with van der Waals surface area (Å²) in [6.07, 6.45) is 0. The van der Waals surface area contributed by atoms with Gasteiger partial charge in [0.1, 0.15) is 5.75 Å². The molecule has 0 saturated heterocycles. The lowest BCUT2D eigenvalue weighted by Crippen LogP contribution is -2.46. The zero-order valence-electron chi connectivity index (χ0n) is 15.9. The first-order valence-corrected chi connectivity index (χ1v) is 8.31. The predicted octanol–water partition coefficient (Wildman–Crippen LogP) is 3.39. The minimum absolute atomic E-state index is 0.180. The van der Waals surface area contributed by atoms with E-state index in [1.807, 2.05) is 11.9 Å². The molecule has 23 heavy (non-hydrogen) atoms. The number of likely N-dealkylation sites (N-methyl/N-ethyl adjacent to an activating group) is 1. The summed E-state index contributed by atoms with van der Waals surface area (Å²) in [6.45, 7) is 13.5. The predicted molar refractivity (Wildman–Crippen MR) is 95.9 cm³/mol. The van der Waals surface area contributed by atoms with E-state index < -0.39 is 0 Å². The van der Waals surface area contributed by atoms with Gasteiger partial charge in [0.15, 0.2) is 0 Å². The number of aryl methyl sites for hydroxylation is 2. The molecule has 1 rings (SSSR count). The quantitative estimate of drug-likeness (QED) is 0.772. The minimum Gasteiger partial charge on any atom is -0.496 e. The summed E-state index contributed by atoms with van der Waals surface area (Å²) in [4.78, 5) is 16.5. The first-order chi connectivity index (χ1) is 10.7. The lowest BCUT2D eigenvalue weighted by molar-refractivity contribution is -0.135. The van der Waals surface area contributed by atoms with Crippen molar-refractivity contribution in [3.63, 3.8) is 0 Å². The molecular weight excluding hydrogens is 288 g/mol. The standard InChI is InChI=1S/C19H32N2O2/c1-13(2)21(14(3)4)18(22)12-20(7)11-17-9-15(5)19(23-8)16(6)10-17/h9-10,13-14H,11-12H2,1-8H3. The number of hydrogen-bond donors (Lipinski definition) is 0. The Bertz CT molecular complexity index is 507. The van der Waals surface area contributed by atoms with Crippen LogP contribution in [0.2, 0.25) is 0 Å². The van der Waals surface area contributed by atoms with E-state index in [0.717, 1.165) is 23.4 Å². The smallest absolute Gasteiger partial charge is 0.237 e. The molecule has 1 aromatic rings. The first-order valence-electron chi connectivity index (χ1n) is 8.31. The minimum atomic E-state index is 0.180. The van der Waals surface area contributed by atoms with E-state index in [1.54, 1.807) is 7.11 Å². The van der Waals surface area contributed by atoms with Crippen LogP contribution in [-0.4, -0.2) is 48.5 Å². The van der Waals surface area contributed by atoms with Gasteiger partial charge in [-0.3, -0.25) is 9.69 Å². The highest BCUT2D eigenvalue weighted by atomic mass is 16.5. The van der Waals surface area contributed by atoms with Crippen molar-refractivity contribution in [3.05, 3.63) is 28.8 Å². The van der Waals surface area contributed by atoms with Gasteiger partial charge in [0.2, 0.25) is 5.91 Å². The van der Waals surface area contributed by atoms with Crippen LogP contribution in [0, 0.1) is 13.8 Å². The van der Waals surface area contributed by atoms with Gasteiger partial charge in [-0.2, -0.15) is 0 Å². The summed E-state index contributed by atoms with van der Waals surface area (Å²) in [5.74, 6) is 1.12. The van der Waals surface area contributed by atoms with Crippen molar-refractivity contribution in [2.24, 2.45) is 0 Å². The van der Waals surface area contributed by atoms with E-state index in [9.17, 15) is 4.79 Å². The Morgan fingerprint density at radius 1 is 1.09 bits per heavy atom. The van der Waals surface area contributed by atoms with E-state index in [0.29, 0.717) is 6.54 Å². The number of carbonyl (C=O) groups excluding carboxylic acids is 1. The second-order valence-electron chi connectivity index (χ2n) is 6.92. The molecule has 130 valence electrons. The fraction of sp³-hybridized carbons (Fsp3) is 0.632. The van der Waals surface area contributed by atoms with Crippen molar-refractivity contribution < 1.29 is 9.53 Å². The van der Waals surface area contributed by atoms with Gasteiger partial charge in [-0.1, -0.05) is 12.1 Å². The van der Waals surface area contributed by atoms with Gasteiger partial charge in [0.25, 0.3) is 0 Å². The molecule has 1 amide bonds. The highest BCUT2D eigenvalue weighted by Gasteiger charge is 2.21. The Hall–Kier alpha value is -1.55. The van der Waals surface area contributed by atoms with Gasteiger partial charge in [0.05, 0.1) is 13.7 Å². The monoisotopic (exact) mass is 320 g/mol. The number of rotatable bonds is 7. The van der Waals surface area contributed by atoms with Crippen LogP contribution >= 0.6 is 0 Å². The number of carbonyl (C=O) groups is 1. The molecule has 0 aliphatic carbocycles. The summed E-state index contributed by atoms with van der Waals surface area (Å²) >= 11 is 0. The summed E-state index contributed by atoms with van der Waals surface area (Å²) in [5.41, 5.74) is 3.47. The molecule has 4 heteroatoms. The molecule has 0 atom stereocenters. The molecule has 0 unspecified atom stereocenters. The third-order valence-corrected chi connectivity index (χ3v) is 3.98. The van der Waals surface area contributed by atoms with Gasteiger partial charge in [0, 0.05) is 18.6 Å². The molecular formula is C19H32N2O2. The van der Waals surface area contributed by atoms with Gasteiger partial charge in [-0.15, -0.1) is 0 Å². The Labute approximate surface area is 141 Å². The average molecular weight is 320 g/mol. The molecule has 0 aromatic heterocycles. The molecule has 0 aliphatic heterocycles. The van der Waals surface area contributed by atoms with Crippen molar-refractivity contribution in [3.8, 4) is 5.75 Å². The van der Waals surface area contributed by atoms with Crippen LogP contribution in [0.15, 0.2) is 12.1 Å². The topological polar surface area (TPSA) is 32.8 Å². The molecule has 0 aliphatic rings. The Morgan fingerprint density at radius 2 is 1.57 bits per heavy atom. The Kier molecular flexibility index (Phi) is 7.07. The molecule has 0 radical (unpaired) electrons. The van der Waals surface area contributed by atoms with Crippen LogP contribution in [-0.2, 0) is 11.3 Å². The molecule has 0 bridgehead atoms. The van der Waals surface area contributed by atoms with Crippen molar-refractivity contribution in [1.29, 1.82) is 0 Å². The van der Waals surface area contributed by atoms with Crippen LogP contribution in [0.25, 0.3) is 0 Å². The zero-order valence-corrected chi connectivity index (χ0v) is 15.9. The maximum Gasteiger partial charge on any atom is 0.237 e. The lowest BCUT2D eigenvalue weighted by atomic mass is 10.1. The van der Waals surface area contributed by atoms with Crippen molar-refractivity contribution >= 4 is 5.91 Å². The van der Waals surface area contributed by atoms with Gasteiger partial charge in [-0.25, -0.2) is 0 Å². The van der Waals surface area contributed by atoms with E-state index in [2.05, 4.69) is 58.6 Å². The van der Waals surface area contributed by atoms with Gasteiger partial charge < -0.3 is 9.64 Å². The lowest BCUT2D eigenvalue weighted by Gasteiger charge is -2.32. The maximum absolute atomic E-state index is 12.5. The fourth-order valence-corrected chi connectivity index (χ4v) is 3.31. The molecule has 0 N–H and O–H groups in total. The first kappa shape index (κ1) is 19.5. The zero-order chi connectivity index (χ0) is 17.7. The number of amides is 1. The summed E-state index contributed by atoms with van der Waals surface area (Å²) < 4.78 is 5.41. The SMILES string of the molecule is COc1c(C)cc(CN(C)CC(=O)N(C(C)C)C(C)C)cc1C. The van der Waals surface area contributed by atoms with Crippen molar-refractivity contribution in [2.75, 3.05) is 20.7 Å². The second-order valence-corrected chi connectivity index (χ2v) is 6.92. The maximum atomic E-state index is 12.5. The van der Waals surface area contributed by atoms with E-state index in [4.69, 9.17) is 4.74 Å². The summed E-state index contributed by atoms with van der Waals surface area (Å²) in [7, 11) is 3.69. The molecule has 4 nitrogen and oxygen atoms in total. The normalized spacial score (nSPS) is 11.4. The van der Waals surface area contributed by atoms with Gasteiger partial charge in [-0.05, 0) is 65.3 Å². The highest BCUT2D eigenvalue weighted by molar-refractivity contribution is 5.78. The fourth-order valence-electron chi connectivity index (χ4n) is 3.31. The van der Waals surface area contributed by atoms with Crippen molar-refractivity contribution in [1.82, 2.24) is 9.80 Å². The summed E-state index contributed by atoms with van der Waals surface area (Å²) in [6, 6.07) is 4.72. The van der Waals surface area contributed by atoms with E-state index in [1.165, 1.54) is 5.56 Å². The van der Waals surface area contributed by atoms with E-state index in [-0.39, 0.29) is 18.0 Å². The van der Waals surface area contributed by atoms with Crippen LogP contribution in [0.3, 0.4) is 0 Å². The second kappa shape index (κ2) is 8.34. The molecule has 0 fully saturated rings. The third kappa shape index (κ3) is 5.24. The molecule has 0 heterocycles. The molecule has 0 spiro atoms. The van der Waals surface area contributed by atoms with Crippen LogP contribution in [0.5, 0.6) is 5.75 Å². The number of hydrogen-bond acceptors (Lipinski definition) is 3. The van der Waals surface area contributed by atoms with Crippen molar-refractivity contribution in [2.45, 2.75) is 60.2 Å². The number of methoxy groups -OCH3 is 1. The summed E-state index contributed by atoms with van der Waals surface area (Å²) in [5, 5.41) is 0. The Morgan fingerprint density at radius 3 is 1.96 bits per heavy atom. The number of ether oxygens (including phenoxy) is 1. The van der Waals surface area contributed by atoms with E-state index >= 15 is 0 Å².